The number of carbonyl (C=O) groups excluding carboxylic acids is 1. The standard InChI is InChI=1S/C17H11BrFN3O/c18-13-6-7-14(19)12(9-13)10-20-22-17(23)16-8-5-11-3-1-2-4-15(11)21-16/h1-10H,(H,22,23)/b20-10+. The predicted molar refractivity (Wildman–Crippen MR) is 90.9 cm³/mol. The monoisotopic (exact) mass is 371 g/mol. The number of para-hydroxylation sites is 1. The van der Waals surface area contributed by atoms with Crippen LogP contribution in [0.1, 0.15) is 16.1 Å². The van der Waals surface area contributed by atoms with Crippen molar-refractivity contribution >= 4 is 39.0 Å². The third-order valence-electron chi connectivity index (χ3n) is 3.16. The number of fused-ring (bicyclic) bond motifs is 1. The normalized spacial score (nSPS) is 11.0. The molecule has 0 aliphatic heterocycles. The Kier molecular flexibility index (Phi) is 4.43. The lowest BCUT2D eigenvalue weighted by Crippen LogP contribution is -2.19. The van der Waals surface area contributed by atoms with Gasteiger partial charge in [0, 0.05) is 15.4 Å². The first-order chi connectivity index (χ1) is 11.1. The summed E-state index contributed by atoms with van der Waals surface area (Å²) in [7, 11) is 0. The van der Waals surface area contributed by atoms with E-state index in [1.54, 1.807) is 18.2 Å². The lowest BCUT2D eigenvalue weighted by molar-refractivity contribution is 0.0950. The number of rotatable bonds is 3. The molecule has 1 amide bonds. The van der Waals surface area contributed by atoms with Crippen LogP contribution in [0.15, 0.2) is 64.2 Å². The van der Waals surface area contributed by atoms with E-state index < -0.39 is 11.7 Å². The van der Waals surface area contributed by atoms with Crippen LogP contribution in [0.4, 0.5) is 4.39 Å². The van der Waals surface area contributed by atoms with E-state index >= 15 is 0 Å². The Bertz CT molecular complexity index is 911. The first-order valence-electron chi connectivity index (χ1n) is 6.78. The maximum Gasteiger partial charge on any atom is 0.289 e. The molecular formula is C17H11BrFN3O. The summed E-state index contributed by atoms with van der Waals surface area (Å²) in [4.78, 5) is 16.3. The number of pyridine rings is 1. The summed E-state index contributed by atoms with van der Waals surface area (Å²) in [5.41, 5.74) is 3.58. The summed E-state index contributed by atoms with van der Waals surface area (Å²) in [6.45, 7) is 0. The molecule has 114 valence electrons. The molecule has 4 nitrogen and oxygen atoms in total. The number of nitrogens with zero attached hydrogens (tertiary/aromatic N) is 2. The van der Waals surface area contributed by atoms with Gasteiger partial charge in [0.1, 0.15) is 11.5 Å². The SMILES string of the molecule is O=C(N/N=C/c1cc(Br)ccc1F)c1ccc2ccccc2n1. The highest BCUT2D eigenvalue weighted by Crippen LogP contribution is 2.14. The van der Waals surface area contributed by atoms with Crippen LogP contribution in [-0.2, 0) is 0 Å². The van der Waals surface area contributed by atoms with Gasteiger partial charge in [0.15, 0.2) is 0 Å². The van der Waals surface area contributed by atoms with Gasteiger partial charge in [-0.15, -0.1) is 0 Å². The summed E-state index contributed by atoms with van der Waals surface area (Å²) in [6, 6.07) is 15.4. The number of aromatic nitrogens is 1. The van der Waals surface area contributed by atoms with Crippen molar-refractivity contribution in [3.8, 4) is 0 Å². The highest BCUT2D eigenvalue weighted by Gasteiger charge is 2.07. The molecule has 3 rings (SSSR count). The number of amides is 1. The van der Waals surface area contributed by atoms with Crippen LogP contribution in [0.25, 0.3) is 10.9 Å². The minimum atomic E-state index is -0.456. The molecule has 1 N–H and O–H groups in total. The highest BCUT2D eigenvalue weighted by molar-refractivity contribution is 9.10. The lowest BCUT2D eigenvalue weighted by Gasteiger charge is -2.02. The Hall–Kier alpha value is -2.60. The van der Waals surface area contributed by atoms with Gasteiger partial charge in [0.25, 0.3) is 5.91 Å². The van der Waals surface area contributed by atoms with Crippen LogP contribution in [0, 0.1) is 5.82 Å². The molecule has 6 heteroatoms. The molecule has 0 spiro atoms. The Labute approximate surface area is 140 Å². The summed E-state index contributed by atoms with van der Waals surface area (Å²) < 4.78 is 14.3. The van der Waals surface area contributed by atoms with Gasteiger partial charge in [-0.05, 0) is 30.3 Å². The van der Waals surface area contributed by atoms with E-state index in [9.17, 15) is 9.18 Å². The van der Waals surface area contributed by atoms with Crippen molar-refractivity contribution in [3.05, 3.63) is 76.1 Å². The second-order valence-electron chi connectivity index (χ2n) is 4.75. The Morgan fingerprint density at radius 2 is 2.00 bits per heavy atom. The number of hydrogen-bond donors (Lipinski definition) is 1. The molecule has 0 aliphatic carbocycles. The van der Waals surface area contributed by atoms with E-state index in [1.807, 2.05) is 30.3 Å². The van der Waals surface area contributed by atoms with Crippen molar-refractivity contribution in [1.82, 2.24) is 10.4 Å². The van der Waals surface area contributed by atoms with E-state index in [4.69, 9.17) is 0 Å². The first kappa shape index (κ1) is 15.3. The van der Waals surface area contributed by atoms with E-state index in [1.165, 1.54) is 12.3 Å². The minimum Gasteiger partial charge on any atom is -0.266 e. The van der Waals surface area contributed by atoms with Crippen LogP contribution in [-0.4, -0.2) is 17.1 Å². The zero-order chi connectivity index (χ0) is 16.2. The van der Waals surface area contributed by atoms with Gasteiger partial charge in [-0.2, -0.15) is 5.10 Å². The number of hydrazone groups is 1. The average molecular weight is 372 g/mol. The molecule has 1 heterocycles. The van der Waals surface area contributed by atoms with Crippen molar-refractivity contribution in [3.63, 3.8) is 0 Å². The van der Waals surface area contributed by atoms with Crippen molar-refractivity contribution in [2.75, 3.05) is 0 Å². The van der Waals surface area contributed by atoms with Crippen LogP contribution in [0.2, 0.25) is 0 Å². The number of halogens is 2. The zero-order valence-electron chi connectivity index (χ0n) is 11.8. The zero-order valence-corrected chi connectivity index (χ0v) is 13.4. The number of hydrogen-bond acceptors (Lipinski definition) is 3. The molecule has 0 radical (unpaired) electrons. The molecule has 3 aromatic rings. The van der Waals surface area contributed by atoms with Crippen LogP contribution < -0.4 is 5.43 Å². The van der Waals surface area contributed by atoms with Gasteiger partial charge in [0.05, 0.1) is 11.7 Å². The average Bonchev–Trinajstić information content (AvgIpc) is 2.57. The number of benzene rings is 2. The molecule has 0 atom stereocenters. The van der Waals surface area contributed by atoms with Crippen molar-refractivity contribution in [2.45, 2.75) is 0 Å². The minimum absolute atomic E-state index is 0.246. The lowest BCUT2D eigenvalue weighted by atomic mass is 10.2. The quantitative estimate of drug-likeness (QED) is 0.560. The summed E-state index contributed by atoms with van der Waals surface area (Å²) in [6.07, 6.45) is 1.25. The number of nitrogens with one attached hydrogen (secondary N) is 1. The van der Waals surface area contributed by atoms with E-state index in [0.29, 0.717) is 0 Å². The van der Waals surface area contributed by atoms with Gasteiger partial charge in [0.2, 0.25) is 0 Å². The van der Waals surface area contributed by atoms with E-state index in [2.05, 4.69) is 31.4 Å². The summed E-state index contributed by atoms with van der Waals surface area (Å²) >= 11 is 3.25. The maximum absolute atomic E-state index is 13.6. The van der Waals surface area contributed by atoms with Crippen LogP contribution in [0.3, 0.4) is 0 Å². The van der Waals surface area contributed by atoms with Crippen molar-refractivity contribution in [1.29, 1.82) is 0 Å². The van der Waals surface area contributed by atoms with Gasteiger partial charge < -0.3 is 0 Å². The van der Waals surface area contributed by atoms with Crippen LogP contribution in [0.5, 0.6) is 0 Å². The van der Waals surface area contributed by atoms with Gasteiger partial charge >= 0.3 is 0 Å². The van der Waals surface area contributed by atoms with Crippen molar-refractivity contribution < 1.29 is 9.18 Å². The molecule has 2 aromatic carbocycles. The topological polar surface area (TPSA) is 54.4 Å². The molecule has 0 fully saturated rings. The van der Waals surface area contributed by atoms with E-state index in [0.717, 1.165) is 15.4 Å². The van der Waals surface area contributed by atoms with Gasteiger partial charge in [-0.1, -0.05) is 40.2 Å². The Balaban J connectivity index is 1.75. The maximum atomic E-state index is 13.6. The first-order valence-corrected chi connectivity index (χ1v) is 7.57. The fourth-order valence-electron chi connectivity index (χ4n) is 2.02. The molecule has 0 saturated carbocycles. The van der Waals surface area contributed by atoms with Crippen LogP contribution >= 0.6 is 15.9 Å². The molecule has 0 aliphatic rings. The highest BCUT2D eigenvalue weighted by atomic mass is 79.9. The molecule has 0 saturated heterocycles. The molecule has 23 heavy (non-hydrogen) atoms. The molecule has 0 bridgehead atoms. The fourth-order valence-corrected chi connectivity index (χ4v) is 2.40. The Morgan fingerprint density at radius 3 is 2.87 bits per heavy atom. The van der Waals surface area contributed by atoms with E-state index in [-0.39, 0.29) is 11.3 Å². The molecule has 0 unspecified atom stereocenters. The third-order valence-corrected chi connectivity index (χ3v) is 3.65. The third kappa shape index (κ3) is 3.60. The predicted octanol–water partition coefficient (Wildman–Crippen LogP) is 3.90. The number of carbonyl (C=O) groups is 1. The molecular weight excluding hydrogens is 361 g/mol. The van der Waals surface area contributed by atoms with Gasteiger partial charge in [-0.3, -0.25) is 4.79 Å². The Morgan fingerprint density at radius 1 is 1.17 bits per heavy atom. The second-order valence-corrected chi connectivity index (χ2v) is 5.67. The fraction of sp³-hybridized carbons (Fsp3) is 0. The van der Waals surface area contributed by atoms with Gasteiger partial charge in [-0.25, -0.2) is 14.8 Å². The largest absolute Gasteiger partial charge is 0.289 e. The smallest absolute Gasteiger partial charge is 0.266 e. The summed E-state index contributed by atoms with van der Waals surface area (Å²) in [5, 5.41) is 4.72. The molecule has 1 aromatic heterocycles. The summed E-state index contributed by atoms with van der Waals surface area (Å²) in [5.74, 6) is -0.877. The van der Waals surface area contributed by atoms with Crippen molar-refractivity contribution in [2.24, 2.45) is 5.10 Å². The second kappa shape index (κ2) is 6.66.